The molecule has 0 radical (unpaired) electrons. The van der Waals surface area contributed by atoms with E-state index in [2.05, 4.69) is 15.6 Å². The van der Waals surface area contributed by atoms with Gasteiger partial charge in [-0.25, -0.2) is 0 Å². The number of halogens is 1. The zero-order valence-corrected chi connectivity index (χ0v) is 21.6. The lowest BCUT2D eigenvalue weighted by molar-refractivity contribution is -0.131. The Balaban J connectivity index is 1.22. The van der Waals surface area contributed by atoms with E-state index in [4.69, 9.17) is 11.6 Å². The minimum atomic E-state index is -0.754. The number of nitrogens with one attached hydrogen (secondary N) is 3. The number of hydrogen-bond acceptors (Lipinski definition) is 3. The lowest BCUT2D eigenvalue weighted by Gasteiger charge is -2.37. The van der Waals surface area contributed by atoms with Crippen molar-refractivity contribution in [3.05, 3.63) is 106 Å². The topological polar surface area (TPSA) is 94.3 Å². The number of para-hydroxylation sites is 1. The molecule has 3 aromatic carbocycles. The molecule has 4 aromatic rings. The number of carbonyl (C=O) groups excluding carboxylic acids is 3. The highest BCUT2D eigenvalue weighted by molar-refractivity contribution is 6.30. The first-order valence-electron chi connectivity index (χ1n) is 12.8. The Morgan fingerprint density at radius 3 is 2.61 bits per heavy atom. The Bertz CT molecular complexity index is 1560. The Hall–Kier alpha value is -4.10. The lowest BCUT2D eigenvalue weighted by Crippen LogP contribution is -2.56. The van der Waals surface area contributed by atoms with Crippen molar-refractivity contribution in [3.8, 4) is 0 Å². The standard InChI is InChI=1S/C30H27ClN4O3/c1-17(28(36)32-15-14-18-10-12-19(31)13-11-18)33-29(37)25-16-23-20-6-4-5-9-24(20)34-26(23)27-21-7-2-3-8-22(21)30(38)35(25)27/h2-13,17,25,27,34H,14-16H2,1H3,(H,32,36)(H,33,37). The van der Waals surface area contributed by atoms with E-state index < -0.39 is 12.1 Å². The van der Waals surface area contributed by atoms with Gasteiger partial charge in [-0.15, -0.1) is 0 Å². The molecular formula is C30H27ClN4O3. The molecule has 38 heavy (non-hydrogen) atoms. The number of nitrogens with zero attached hydrogens (tertiary/aromatic N) is 1. The fraction of sp³-hybridized carbons (Fsp3) is 0.233. The second-order valence-electron chi connectivity index (χ2n) is 9.88. The number of hydrogen-bond donors (Lipinski definition) is 3. The summed E-state index contributed by atoms with van der Waals surface area (Å²) in [5.41, 5.74) is 5.50. The Kier molecular flexibility index (Phi) is 6.16. The summed E-state index contributed by atoms with van der Waals surface area (Å²) in [6.07, 6.45) is 1.02. The molecular weight excluding hydrogens is 500 g/mol. The first kappa shape index (κ1) is 24.2. The van der Waals surface area contributed by atoms with Crippen LogP contribution in [0, 0.1) is 0 Å². The smallest absolute Gasteiger partial charge is 0.255 e. The summed E-state index contributed by atoms with van der Waals surface area (Å²) in [7, 11) is 0. The highest BCUT2D eigenvalue weighted by Gasteiger charge is 2.49. The quantitative estimate of drug-likeness (QED) is 0.352. The molecule has 0 bridgehead atoms. The summed E-state index contributed by atoms with van der Waals surface area (Å²) in [5, 5.41) is 7.46. The second kappa shape index (κ2) is 9.65. The van der Waals surface area contributed by atoms with E-state index in [-0.39, 0.29) is 23.8 Å². The zero-order valence-electron chi connectivity index (χ0n) is 20.8. The molecule has 6 rings (SSSR count). The van der Waals surface area contributed by atoms with Crippen LogP contribution in [0.25, 0.3) is 10.9 Å². The van der Waals surface area contributed by atoms with Crippen molar-refractivity contribution in [3.63, 3.8) is 0 Å². The monoisotopic (exact) mass is 526 g/mol. The molecule has 0 aliphatic carbocycles. The maximum atomic E-state index is 13.6. The summed E-state index contributed by atoms with van der Waals surface area (Å²) < 4.78 is 0. The van der Waals surface area contributed by atoms with E-state index in [9.17, 15) is 14.4 Å². The van der Waals surface area contributed by atoms with Gasteiger partial charge in [0.05, 0.1) is 6.04 Å². The molecule has 3 N–H and O–H groups in total. The van der Waals surface area contributed by atoms with Crippen LogP contribution in [0.5, 0.6) is 0 Å². The number of rotatable bonds is 6. The molecule has 0 fully saturated rings. The van der Waals surface area contributed by atoms with Gasteiger partial charge in [0.25, 0.3) is 5.91 Å². The van der Waals surface area contributed by atoms with Crippen LogP contribution in [0.4, 0.5) is 0 Å². The van der Waals surface area contributed by atoms with E-state index >= 15 is 0 Å². The minimum absolute atomic E-state index is 0.171. The molecule has 0 saturated heterocycles. The van der Waals surface area contributed by atoms with Crippen molar-refractivity contribution in [1.82, 2.24) is 20.5 Å². The molecule has 0 spiro atoms. The minimum Gasteiger partial charge on any atom is -0.356 e. The van der Waals surface area contributed by atoms with Crippen LogP contribution in [0.3, 0.4) is 0 Å². The van der Waals surface area contributed by atoms with Gasteiger partial charge in [0.2, 0.25) is 11.8 Å². The van der Waals surface area contributed by atoms with E-state index in [0.717, 1.165) is 33.3 Å². The molecule has 0 saturated carbocycles. The van der Waals surface area contributed by atoms with Crippen molar-refractivity contribution < 1.29 is 14.4 Å². The van der Waals surface area contributed by atoms with Crippen LogP contribution in [-0.2, 0) is 22.4 Å². The lowest BCUT2D eigenvalue weighted by atomic mass is 9.90. The van der Waals surface area contributed by atoms with Crippen molar-refractivity contribution >= 4 is 40.2 Å². The SMILES string of the molecule is CC(NC(=O)C1Cc2c([nH]c3ccccc23)C2c3ccccc3C(=O)N12)C(=O)NCCc1ccc(Cl)cc1. The van der Waals surface area contributed by atoms with Crippen LogP contribution in [0.1, 0.15) is 45.7 Å². The highest BCUT2D eigenvalue weighted by Crippen LogP contribution is 2.46. The molecule has 3 atom stereocenters. The fourth-order valence-corrected chi connectivity index (χ4v) is 5.77. The van der Waals surface area contributed by atoms with Crippen LogP contribution in [0.2, 0.25) is 5.02 Å². The molecule has 7 nitrogen and oxygen atoms in total. The number of aromatic nitrogens is 1. The molecule has 192 valence electrons. The summed E-state index contributed by atoms with van der Waals surface area (Å²) in [6.45, 7) is 2.10. The number of carbonyl (C=O) groups is 3. The molecule has 8 heteroatoms. The molecule has 3 amide bonds. The molecule has 3 heterocycles. The third-order valence-corrected chi connectivity index (χ3v) is 7.78. The van der Waals surface area contributed by atoms with Gasteiger partial charge in [0.15, 0.2) is 0 Å². The van der Waals surface area contributed by atoms with E-state index in [0.29, 0.717) is 30.0 Å². The summed E-state index contributed by atoms with van der Waals surface area (Å²) in [4.78, 5) is 45.1. The van der Waals surface area contributed by atoms with E-state index in [1.807, 2.05) is 72.8 Å². The summed E-state index contributed by atoms with van der Waals surface area (Å²) >= 11 is 5.93. The third-order valence-electron chi connectivity index (χ3n) is 7.53. The number of amides is 3. The average Bonchev–Trinajstić information content (AvgIpc) is 3.45. The first-order chi connectivity index (χ1) is 18.4. The average molecular weight is 527 g/mol. The predicted molar refractivity (Wildman–Crippen MR) is 146 cm³/mol. The van der Waals surface area contributed by atoms with E-state index in [1.165, 1.54) is 0 Å². The maximum absolute atomic E-state index is 13.6. The Morgan fingerprint density at radius 1 is 1.05 bits per heavy atom. The Labute approximate surface area is 225 Å². The van der Waals surface area contributed by atoms with Gasteiger partial charge in [-0.05, 0) is 54.3 Å². The van der Waals surface area contributed by atoms with Crippen molar-refractivity contribution in [2.75, 3.05) is 6.54 Å². The molecule has 3 unspecified atom stereocenters. The van der Waals surface area contributed by atoms with Crippen LogP contribution >= 0.6 is 11.6 Å². The van der Waals surface area contributed by atoms with Crippen LogP contribution in [0.15, 0.2) is 72.8 Å². The largest absolute Gasteiger partial charge is 0.356 e. The molecule has 2 aliphatic heterocycles. The van der Waals surface area contributed by atoms with Crippen LogP contribution in [-0.4, -0.2) is 46.2 Å². The fourth-order valence-electron chi connectivity index (χ4n) is 5.65. The van der Waals surface area contributed by atoms with E-state index in [1.54, 1.807) is 11.8 Å². The normalized spacial score (nSPS) is 18.5. The van der Waals surface area contributed by atoms with Gasteiger partial charge in [-0.2, -0.15) is 0 Å². The van der Waals surface area contributed by atoms with Gasteiger partial charge in [-0.1, -0.05) is 60.1 Å². The van der Waals surface area contributed by atoms with Gasteiger partial charge in [0.1, 0.15) is 12.1 Å². The van der Waals surface area contributed by atoms with Gasteiger partial charge < -0.3 is 20.5 Å². The van der Waals surface area contributed by atoms with Gasteiger partial charge in [0, 0.05) is 40.1 Å². The molecule has 2 aliphatic rings. The highest BCUT2D eigenvalue weighted by atomic mass is 35.5. The summed E-state index contributed by atoms with van der Waals surface area (Å²) in [6, 6.07) is 21.1. The third kappa shape index (κ3) is 4.13. The first-order valence-corrected chi connectivity index (χ1v) is 13.1. The number of benzene rings is 3. The van der Waals surface area contributed by atoms with Crippen molar-refractivity contribution in [2.45, 2.75) is 37.9 Å². The van der Waals surface area contributed by atoms with Gasteiger partial charge in [-0.3, -0.25) is 14.4 Å². The molecule has 1 aromatic heterocycles. The Morgan fingerprint density at radius 2 is 1.79 bits per heavy atom. The van der Waals surface area contributed by atoms with Crippen molar-refractivity contribution in [1.29, 1.82) is 0 Å². The maximum Gasteiger partial charge on any atom is 0.255 e. The van der Waals surface area contributed by atoms with Crippen molar-refractivity contribution in [2.24, 2.45) is 0 Å². The zero-order chi connectivity index (χ0) is 26.4. The predicted octanol–water partition coefficient (Wildman–Crippen LogP) is 4.15. The summed E-state index contributed by atoms with van der Waals surface area (Å²) in [5.74, 6) is -0.786. The van der Waals surface area contributed by atoms with Crippen LogP contribution < -0.4 is 10.6 Å². The second-order valence-corrected chi connectivity index (χ2v) is 10.3. The number of fused-ring (bicyclic) bond motifs is 7. The number of H-pyrrole nitrogens is 1. The number of aromatic amines is 1. The van der Waals surface area contributed by atoms with Gasteiger partial charge >= 0.3 is 0 Å².